The van der Waals surface area contributed by atoms with E-state index >= 15 is 0 Å². The maximum Gasteiger partial charge on any atom is 0.263 e. The van der Waals surface area contributed by atoms with Gasteiger partial charge in [-0.25, -0.2) is 0 Å². The molecule has 1 saturated heterocycles. The fourth-order valence-electron chi connectivity index (χ4n) is 2.93. The van der Waals surface area contributed by atoms with Gasteiger partial charge in [0.15, 0.2) is 23.2 Å². The predicted molar refractivity (Wildman–Crippen MR) is 128 cm³/mol. The van der Waals surface area contributed by atoms with Crippen molar-refractivity contribution in [2.45, 2.75) is 13.8 Å². The summed E-state index contributed by atoms with van der Waals surface area (Å²) in [7, 11) is 1.44. The predicted octanol–water partition coefficient (Wildman–Crippen LogP) is 3.01. The molecule has 10 heteroatoms. The number of anilines is 1. The van der Waals surface area contributed by atoms with E-state index in [1.54, 1.807) is 12.1 Å². The zero-order chi connectivity index (χ0) is 23.4. The number of hydrogen-bond acceptors (Lipinski definition) is 6. The topological polar surface area (TPSA) is 106 Å². The minimum absolute atomic E-state index is 0.0428. The lowest BCUT2D eigenvalue weighted by molar-refractivity contribution is -0.123. The number of nitrogens with one attached hydrogen (secondary N) is 3. The van der Waals surface area contributed by atoms with Crippen molar-refractivity contribution in [3.8, 4) is 11.5 Å². The van der Waals surface area contributed by atoms with E-state index < -0.39 is 11.8 Å². The maximum absolute atomic E-state index is 12.4. The molecule has 0 bridgehead atoms. The number of carbonyl (C=O) groups is 3. The fraction of sp³-hybridized carbons (Fsp3) is 0.182. The van der Waals surface area contributed by atoms with E-state index in [2.05, 4.69) is 31.9 Å². The number of carbonyl (C=O) groups excluding carboxylic acids is 3. The number of amides is 3. The molecule has 1 aliphatic rings. The van der Waals surface area contributed by atoms with Gasteiger partial charge in [-0.1, -0.05) is 12.1 Å². The van der Waals surface area contributed by atoms with Gasteiger partial charge in [0.2, 0.25) is 0 Å². The average molecular weight is 518 g/mol. The first-order chi connectivity index (χ1) is 15.2. The van der Waals surface area contributed by atoms with E-state index in [0.717, 1.165) is 16.8 Å². The van der Waals surface area contributed by atoms with Crippen molar-refractivity contribution in [2.24, 2.45) is 0 Å². The van der Waals surface area contributed by atoms with Crippen LogP contribution in [0.4, 0.5) is 5.69 Å². The van der Waals surface area contributed by atoms with Crippen LogP contribution in [-0.2, 0) is 14.4 Å². The summed E-state index contributed by atoms with van der Waals surface area (Å²) in [6, 6.07) is 9.01. The summed E-state index contributed by atoms with van der Waals surface area (Å²) in [4.78, 5) is 36.5. The van der Waals surface area contributed by atoms with Gasteiger partial charge >= 0.3 is 0 Å². The van der Waals surface area contributed by atoms with Gasteiger partial charge in [0.1, 0.15) is 5.57 Å². The van der Waals surface area contributed by atoms with Crippen molar-refractivity contribution in [1.82, 2.24) is 10.6 Å². The van der Waals surface area contributed by atoms with Crippen LogP contribution in [0.3, 0.4) is 0 Å². The molecule has 166 valence electrons. The van der Waals surface area contributed by atoms with Crippen LogP contribution in [0.5, 0.6) is 11.5 Å². The monoisotopic (exact) mass is 517 g/mol. The van der Waals surface area contributed by atoms with Gasteiger partial charge in [0.25, 0.3) is 17.7 Å². The molecular formula is C22H20BrN3O5S. The van der Waals surface area contributed by atoms with Crippen molar-refractivity contribution < 1.29 is 23.9 Å². The summed E-state index contributed by atoms with van der Waals surface area (Å²) in [5, 5.41) is 7.54. The molecule has 0 aromatic heterocycles. The standard InChI is InChI=1S/C22H20BrN3O5S/c1-11-4-5-12(2)16(6-11)24-18(27)10-31-19-15(23)8-13(9-17(19)30-3)7-14-20(28)25-22(32)26-21(14)29/h4-9H,10H2,1-3H3,(H,24,27)(H2,25,26,28,29,32). The molecule has 2 aromatic rings. The minimum Gasteiger partial charge on any atom is -0.493 e. The van der Waals surface area contributed by atoms with Gasteiger partial charge in [-0.3, -0.25) is 25.0 Å². The highest BCUT2D eigenvalue weighted by Gasteiger charge is 2.26. The third kappa shape index (κ3) is 5.51. The van der Waals surface area contributed by atoms with E-state index in [0.29, 0.717) is 21.5 Å². The Hall–Kier alpha value is -3.24. The van der Waals surface area contributed by atoms with Gasteiger partial charge in [-0.2, -0.15) is 0 Å². The zero-order valence-corrected chi connectivity index (χ0v) is 19.9. The van der Waals surface area contributed by atoms with Crippen LogP contribution < -0.4 is 25.4 Å². The highest BCUT2D eigenvalue weighted by molar-refractivity contribution is 9.10. The molecule has 0 spiro atoms. The lowest BCUT2D eigenvalue weighted by Crippen LogP contribution is -2.51. The summed E-state index contributed by atoms with van der Waals surface area (Å²) < 4.78 is 11.5. The average Bonchev–Trinajstić information content (AvgIpc) is 2.72. The second kappa shape index (κ2) is 9.92. The van der Waals surface area contributed by atoms with Gasteiger partial charge in [0, 0.05) is 5.69 Å². The number of thiocarbonyl (C=S) groups is 1. The first-order valence-electron chi connectivity index (χ1n) is 9.43. The maximum atomic E-state index is 12.4. The number of ether oxygens (including phenoxy) is 2. The summed E-state index contributed by atoms with van der Waals surface area (Å²) in [6.07, 6.45) is 1.40. The molecule has 3 amide bonds. The molecule has 0 atom stereocenters. The van der Waals surface area contributed by atoms with Gasteiger partial charge in [-0.15, -0.1) is 0 Å². The Bertz CT molecular complexity index is 1140. The van der Waals surface area contributed by atoms with E-state index in [1.165, 1.54) is 13.2 Å². The van der Waals surface area contributed by atoms with Crippen molar-refractivity contribution in [3.05, 3.63) is 57.1 Å². The molecule has 0 radical (unpaired) electrons. The SMILES string of the molecule is COc1cc(C=C2C(=O)NC(=S)NC2=O)cc(Br)c1OCC(=O)Nc1cc(C)ccc1C. The Kier molecular flexibility index (Phi) is 7.26. The van der Waals surface area contributed by atoms with E-state index in [-0.39, 0.29) is 23.2 Å². The summed E-state index contributed by atoms with van der Waals surface area (Å²) in [5.41, 5.74) is 3.10. The van der Waals surface area contributed by atoms with Crippen molar-refractivity contribution in [1.29, 1.82) is 0 Å². The van der Waals surface area contributed by atoms with Gasteiger partial charge in [0.05, 0.1) is 11.6 Å². The second-order valence-electron chi connectivity index (χ2n) is 6.98. The largest absolute Gasteiger partial charge is 0.493 e. The number of methoxy groups -OCH3 is 1. The smallest absolute Gasteiger partial charge is 0.263 e. The molecular weight excluding hydrogens is 498 g/mol. The molecule has 0 aliphatic carbocycles. The highest BCUT2D eigenvalue weighted by atomic mass is 79.9. The van der Waals surface area contributed by atoms with Crippen LogP contribution >= 0.6 is 28.1 Å². The first kappa shape index (κ1) is 23.4. The Morgan fingerprint density at radius 1 is 1.16 bits per heavy atom. The van der Waals surface area contributed by atoms with E-state index in [4.69, 9.17) is 21.7 Å². The van der Waals surface area contributed by atoms with Crippen LogP contribution in [-0.4, -0.2) is 36.6 Å². The molecule has 32 heavy (non-hydrogen) atoms. The second-order valence-corrected chi connectivity index (χ2v) is 8.25. The van der Waals surface area contributed by atoms with Crippen molar-refractivity contribution in [3.63, 3.8) is 0 Å². The van der Waals surface area contributed by atoms with Crippen LogP contribution in [0.2, 0.25) is 0 Å². The van der Waals surface area contributed by atoms with Crippen LogP contribution in [0.15, 0.2) is 40.4 Å². The van der Waals surface area contributed by atoms with Gasteiger partial charge in [-0.05, 0) is 83.0 Å². The van der Waals surface area contributed by atoms with Crippen molar-refractivity contribution in [2.75, 3.05) is 19.0 Å². The molecule has 0 saturated carbocycles. The lowest BCUT2D eigenvalue weighted by Gasteiger charge is -2.17. The molecule has 1 fully saturated rings. The molecule has 3 N–H and O–H groups in total. The third-order valence-electron chi connectivity index (χ3n) is 4.52. The Balaban J connectivity index is 1.77. The molecule has 1 aliphatic heterocycles. The van der Waals surface area contributed by atoms with E-state index in [1.807, 2.05) is 32.0 Å². The van der Waals surface area contributed by atoms with Crippen LogP contribution in [0, 0.1) is 13.8 Å². The Morgan fingerprint density at radius 2 is 1.84 bits per heavy atom. The molecule has 0 unspecified atom stereocenters. The quantitative estimate of drug-likeness (QED) is 0.309. The van der Waals surface area contributed by atoms with Crippen LogP contribution in [0.1, 0.15) is 16.7 Å². The molecule has 8 nitrogen and oxygen atoms in total. The first-order valence-corrected chi connectivity index (χ1v) is 10.6. The van der Waals surface area contributed by atoms with Gasteiger partial charge < -0.3 is 14.8 Å². The number of rotatable bonds is 6. The Morgan fingerprint density at radius 3 is 2.50 bits per heavy atom. The normalized spacial score (nSPS) is 13.2. The molecule has 1 heterocycles. The minimum atomic E-state index is -0.600. The number of hydrogen-bond donors (Lipinski definition) is 3. The molecule has 3 rings (SSSR count). The summed E-state index contributed by atoms with van der Waals surface area (Å²) in [5.74, 6) is -0.901. The summed E-state index contributed by atoms with van der Waals surface area (Å²) >= 11 is 8.19. The summed E-state index contributed by atoms with van der Waals surface area (Å²) in [6.45, 7) is 3.60. The van der Waals surface area contributed by atoms with E-state index in [9.17, 15) is 14.4 Å². The van der Waals surface area contributed by atoms with Crippen LogP contribution in [0.25, 0.3) is 6.08 Å². The lowest BCUT2D eigenvalue weighted by atomic mass is 10.1. The fourth-order valence-corrected chi connectivity index (χ4v) is 3.69. The van der Waals surface area contributed by atoms with Crippen molar-refractivity contribution >= 4 is 62.7 Å². The molecule has 2 aromatic carbocycles. The highest BCUT2D eigenvalue weighted by Crippen LogP contribution is 2.37. The number of aryl methyl sites for hydroxylation is 2. The Labute approximate surface area is 198 Å². The number of benzene rings is 2. The zero-order valence-electron chi connectivity index (χ0n) is 17.5. The third-order valence-corrected chi connectivity index (χ3v) is 5.31. The number of halogens is 1.